The molecule has 1 amide bonds. The van der Waals surface area contributed by atoms with Gasteiger partial charge in [0.15, 0.2) is 0 Å². The Balaban J connectivity index is 1.93. The smallest absolute Gasteiger partial charge is 0.264 e. The molecule has 6 heteroatoms. The van der Waals surface area contributed by atoms with Crippen molar-refractivity contribution in [2.24, 2.45) is 0 Å². The van der Waals surface area contributed by atoms with Crippen LogP contribution < -0.4 is 9.62 Å². The van der Waals surface area contributed by atoms with Gasteiger partial charge in [-0.25, -0.2) is 8.42 Å². The van der Waals surface area contributed by atoms with E-state index in [0.717, 1.165) is 27.8 Å². The highest BCUT2D eigenvalue weighted by Gasteiger charge is 2.28. The van der Waals surface area contributed by atoms with Crippen LogP contribution in [0.15, 0.2) is 71.6 Å². The van der Waals surface area contributed by atoms with Gasteiger partial charge in [0.1, 0.15) is 6.54 Å². The zero-order valence-electron chi connectivity index (χ0n) is 19.2. The molecule has 0 spiro atoms. The molecule has 0 aliphatic heterocycles. The number of carbonyl (C=O) groups excluding carboxylic acids is 1. The first-order valence-corrected chi connectivity index (χ1v) is 12.0. The number of sulfonamides is 1. The molecule has 0 unspecified atom stereocenters. The van der Waals surface area contributed by atoms with E-state index >= 15 is 0 Å². The monoisotopic (exact) mass is 450 g/mol. The number of carbonyl (C=O) groups is 1. The normalized spacial score (nSPS) is 12.3. The number of nitrogens with one attached hydrogen (secondary N) is 1. The summed E-state index contributed by atoms with van der Waals surface area (Å²) in [5, 5.41) is 2.97. The number of rotatable bonds is 7. The second-order valence-electron chi connectivity index (χ2n) is 8.26. The van der Waals surface area contributed by atoms with Crippen molar-refractivity contribution < 1.29 is 13.2 Å². The molecule has 32 heavy (non-hydrogen) atoms. The van der Waals surface area contributed by atoms with Crippen LogP contribution >= 0.6 is 0 Å². The van der Waals surface area contributed by atoms with E-state index in [2.05, 4.69) is 11.4 Å². The molecule has 0 bridgehead atoms. The molecule has 3 aromatic rings. The third kappa shape index (κ3) is 5.19. The van der Waals surface area contributed by atoms with Gasteiger partial charge in [0.25, 0.3) is 10.0 Å². The SMILES string of the molecule is Cc1ccc([C@H](C)NC(=O)CN(c2ccc(C)cc2C)S(=O)(=O)c2ccccc2)c(C)c1. The van der Waals surface area contributed by atoms with Crippen molar-refractivity contribution in [2.45, 2.75) is 45.6 Å². The Labute approximate surface area is 191 Å². The molecule has 0 saturated heterocycles. The summed E-state index contributed by atoms with van der Waals surface area (Å²) in [7, 11) is -3.93. The van der Waals surface area contributed by atoms with Crippen LogP contribution in [0.25, 0.3) is 0 Å². The number of benzene rings is 3. The molecule has 0 aromatic heterocycles. The highest BCUT2D eigenvalue weighted by Crippen LogP contribution is 2.28. The van der Waals surface area contributed by atoms with Crippen molar-refractivity contribution >= 4 is 21.6 Å². The molecule has 0 fully saturated rings. The molecule has 0 aliphatic carbocycles. The molecule has 0 saturated carbocycles. The first-order chi connectivity index (χ1) is 15.1. The van der Waals surface area contributed by atoms with Crippen molar-refractivity contribution in [2.75, 3.05) is 10.8 Å². The van der Waals surface area contributed by atoms with Crippen molar-refractivity contribution in [3.05, 3.63) is 94.5 Å². The maximum atomic E-state index is 13.5. The van der Waals surface area contributed by atoms with E-state index in [9.17, 15) is 13.2 Å². The van der Waals surface area contributed by atoms with Gasteiger partial charge in [-0.05, 0) is 69.5 Å². The quantitative estimate of drug-likeness (QED) is 0.551. The summed E-state index contributed by atoms with van der Waals surface area (Å²) in [4.78, 5) is 13.2. The van der Waals surface area contributed by atoms with Gasteiger partial charge in [0.05, 0.1) is 16.6 Å². The van der Waals surface area contributed by atoms with Crippen LogP contribution in [-0.2, 0) is 14.8 Å². The van der Waals surface area contributed by atoms with Crippen LogP contribution in [-0.4, -0.2) is 20.9 Å². The molecular formula is C26H30N2O3S. The second-order valence-corrected chi connectivity index (χ2v) is 10.1. The van der Waals surface area contributed by atoms with Gasteiger partial charge in [0, 0.05) is 0 Å². The fourth-order valence-corrected chi connectivity index (χ4v) is 5.42. The van der Waals surface area contributed by atoms with Gasteiger partial charge in [0.2, 0.25) is 5.91 Å². The minimum absolute atomic E-state index is 0.148. The lowest BCUT2D eigenvalue weighted by Crippen LogP contribution is -2.42. The molecule has 3 aromatic carbocycles. The molecule has 0 radical (unpaired) electrons. The molecule has 3 rings (SSSR count). The average Bonchev–Trinajstić information content (AvgIpc) is 2.73. The Morgan fingerprint density at radius 1 is 0.875 bits per heavy atom. The van der Waals surface area contributed by atoms with E-state index in [4.69, 9.17) is 0 Å². The zero-order valence-corrected chi connectivity index (χ0v) is 20.0. The third-order valence-electron chi connectivity index (χ3n) is 5.51. The number of hydrogen-bond donors (Lipinski definition) is 1. The average molecular weight is 451 g/mol. The Hall–Kier alpha value is -3.12. The van der Waals surface area contributed by atoms with Gasteiger partial charge in [-0.2, -0.15) is 0 Å². The number of amides is 1. The standard InChI is InChI=1S/C26H30N2O3S/c1-18-11-13-24(20(3)15-18)22(5)27-26(29)17-28(25-14-12-19(2)16-21(25)4)32(30,31)23-9-7-6-8-10-23/h6-16,22H,17H2,1-5H3,(H,27,29)/t22-/m0/s1. The van der Waals surface area contributed by atoms with Gasteiger partial charge in [-0.1, -0.05) is 59.7 Å². The minimum Gasteiger partial charge on any atom is -0.348 e. The third-order valence-corrected chi connectivity index (χ3v) is 7.28. The van der Waals surface area contributed by atoms with Crippen LogP contribution in [0, 0.1) is 27.7 Å². The predicted molar refractivity (Wildman–Crippen MR) is 129 cm³/mol. The number of nitrogens with zero attached hydrogens (tertiary/aromatic N) is 1. The summed E-state index contributed by atoms with van der Waals surface area (Å²) < 4.78 is 28.2. The largest absolute Gasteiger partial charge is 0.348 e. The summed E-state index contributed by atoms with van der Waals surface area (Å²) >= 11 is 0. The van der Waals surface area contributed by atoms with Crippen LogP contribution in [0.4, 0.5) is 5.69 Å². The van der Waals surface area contributed by atoms with Gasteiger partial charge in [-0.15, -0.1) is 0 Å². The van der Waals surface area contributed by atoms with Crippen LogP contribution in [0.3, 0.4) is 0 Å². The molecule has 1 atom stereocenters. The van der Waals surface area contributed by atoms with Gasteiger partial charge >= 0.3 is 0 Å². The van der Waals surface area contributed by atoms with E-state index in [-0.39, 0.29) is 23.4 Å². The summed E-state index contributed by atoms with van der Waals surface area (Å²) in [6, 6.07) is 19.6. The van der Waals surface area contributed by atoms with Crippen molar-refractivity contribution in [3.63, 3.8) is 0 Å². The summed E-state index contributed by atoms with van der Waals surface area (Å²) in [5.41, 5.74) is 5.55. The molecule has 1 N–H and O–H groups in total. The topological polar surface area (TPSA) is 66.5 Å². The highest BCUT2D eigenvalue weighted by atomic mass is 32.2. The highest BCUT2D eigenvalue weighted by molar-refractivity contribution is 7.92. The molecular weight excluding hydrogens is 420 g/mol. The second kappa shape index (κ2) is 9.57. The van der Waals surface area contributed by atoms with Crippen molar-refractivity contribution in [1.29, 1.82) is 0 Å². The summed E-state index contributed by atoms with van der Waals surface area (Å²) in [5.74, 6) is -0.364. The Morgan fingerprint density at radius 3 is 2.06 bits per heavy atom. The van der Waals surface area contributed by atoms with E-state index in [0.29, 0.717) is 5.69 Å². The first kappa shape index (κ1) is 23.5. The number of aryl methyl sites for hydroxylation is 4. The summed E-state index contributed by atoms with van der Waals surface area (Å²) in [6.07, 6.45) is 0. The van der Waals surface area contributed by atoms with Gasteiger partial charge in [-0.3, -0.25) is 9.10 Å². The number of anilines is 1. The van der Waals surface area contributed by atoms with Crippen molar-refractivity contribution in [1.82, 2.24) is 5.32 Å². The zero-order chi connectivity index (χ0) is 23.5. The van der Waals surface area contributed by atoms with Crippen molar-refractivity contribution in [3.8, 4) is 0 Å². The molecule has 5 nitrogen and oxygen atoms in total. The maximum absolute atomic E-state index is 13.5. The predicted octanol–water partition coefficient (Wildman–Crippen LogP) is 4.99. The Kier molecular flexibility index (Phi) is 7.04. The maximum Gasteiger partial charge on any atom is 0.264 e. The fraction of sp³-hybridized carbons (Fsp3) is 0.269. The lowest BCUT2D eigenvalue weighted by molar-refractivity contribution is -0.120. The Morgan fingerprint density at radius 2 is 1.47 bits per heavy atom. The summed E-state index contributed by atoms with van der Waals surface area (Å²) in [6.45, 7) is 9.43. The number of hydrogen-bond acceptors (Lipinski definition) is 3. The lowest BCUT2D eigenvalue weighted by Gasteiger charge is -2.27. The first-order valence-electron chi connectivity index (χ1n) is 10.6. The Bertz CT molecular complexity index is 1220. The van der Waals surface area contributed by atoms with E-state index in [1.165, 1.54) is 4.31 Å². The van der Waals surface area contributed by atoms with E-state index < -0.39 is 10.0 Å². The molecule has 0 heterocycles. The van der Waals surface area contributed by atoms with E-state index in [1.807, 2.05) is 58.9 Å². The minimum atomic E-state index is -3.93. The van der Waals surface area contributed by atoms with Crippen LogP contribution in [0.5, 0.6) is 0 Å². The van der Waals surface area contributed by atoms with Crippen LogP contribution in [0.2, 0.25) is 0 Å². The lowest BCUT2D eigenvalue weighted by atomic mass is 10.0. The van der Waals surface area contributed by atoms with E-state index in [1.54, 1.807) is 36.4 Å². The molecule has 168 valence electrons. The van der Waals surface area contributed by atoms with Gasteiger partial charge < -0.3 is 5.32 Å². The molecule has 0 aliphatic rings. The van der Waals surface area contributed by atoms with Crippen LogP contribution in [0.1, 0.15) is 40.8 Å². The fourth-order valence-electron chi connectivity index (χ4n) is 3.91.